The normalized spacial score (nSPS) is 11.7. The number of carbonyl (C=O) groups excluding carboxylic acids is 1. The molecule has 0 radical (unpaired) electrons. The minimum absolute atomic E-state index is 0.123. The van der Waals surface area contributed by atoms with E-state index in [1.54, 1.807) is 24.3 Å². The van der Waals surface area contributed by atoms with Crippen molar-refractivity contribution >= 4 is 11.7 Å². The van der Waals surface area contributed by atoms with E-state index in [4.69, 9.17) is 10.00 Å². The number of esters is 1. The van der Waals surface area contributed by atoms with Gasteiger partial charge in [0, 0.05) is 5.69 Å². The Hall–Kier alpha value is -2.02. The van der Waals surface area contributed by atoms with Gasteiger partial charge in [0.05, 0.1) is 18.7 Å². The fourth-order valence-electron chi connectivity index (χ4n) is 1.45. The van der Waals surface area contributed by atoms with E-state index < -0.39 is 0 Å². The Morgan fingerprint density at radius 2 is 1.94 bits per heavy atom. The molecule has 1 aromatic rings. The molecule has 0 saturated carbocycles. The third-order valence-electron chi connectivity index (χ3n) is 2.46. The lowest BCUT2D eigenvalue weighted by Crippen LogP contribution is -2.35. The first-order valence-corrected chi connectivity index (χ1v) is 5.43. The predicted octanol–water partition coefficient (Wildman–Crippen LogP) is 2.17. The molecule has 0 aliphatic rings. The summed E-state index contributed by atoms with van der Waals surface area (Å²) in [4.78, 5) is 11.5. The van der Waals surface area contributed by atoms with Gasteiger partial charge in [-0.15, -0.1) is 0 Å². The van der Waals surface area contributed by atoms with Crippen LogP contribution in [0.5, 0.6) is 0 Å². The second-order valence-corrected chi connectivity index (χ2v) is 4.08. The van der Waals surface area contributed by atoms with E-state index in [1.807, 2.05) is 19.9 Å². The van der Waals surface area contributed by atoms with Crippen LogP contribution in [-0.4, -0.2) is 19.1 Å². The lowest BCUT2D eigenvalue weighted by Gasteiger charge is -2.20. The van der Waals surface area contributed by atoms with Gasteiger partial charge >= 0.3 is 5.97 Å². The number of benzene rings is 1. The van der Waals surface area contributed by atoms with Crippen LogP contribution in [0, 0.1) is 17.2 Å². The van der Waals surface area contributed by atoms with Crippen molar-refractivity contribution in [3.05, 3.63) is 29.8 Å². The first kappa shape index (κ1) is 13.0. The smallest absolute Gasteiger partial charge is 0.328 e. The van der Waals surface area contributed by atoms with Crippen LogP contribution in [0.4, 0.5) is 5.69 Å². The molecule has 1 atom stereocenters. The number of hydrogen-bond donors (Lipinski definition) is 1. The minimum atomic E-state index is -0.382. The summed E-state index contributed by atoms with van der Waals surface area (Å²) in [6.07, 6.45) is 0. The summed E-state index contributed by atoms with van der Waals surface area (Å²) in [5.41, 5.74) is 1.39. The Balaban J connectivity index is 2.79. The average molecular weight is 232 g/mol. The molecule has 0 aliphatic carbocycles. The van der Waals surface area contributed by atoms with Gasteiger partial charge in [-0.25, -0.2) is 4.79 Å². The maximum Gasteiger partial charge on any atom is 0.328 e. The molecule has 0 fully saturated rings. The standard InChI is InChI=1S/C13H16N2O2/c1-9(2)12(13(16)17-3)15-11-6-4-10(8-14)5-7-11/h4-7,9,12,15H,1-3H3. The number of anilines is 1. The van der Waals surface area contributed by atoms with Gasteiger partial charge in [-0.1, -0.05) is 13.8 Å². The molecule has 1 N–H and O–H groups in total. The maximum atomic E-state index is 11.5. The van der Waals surface area contributed by atoms with E-state index in [1.165, 1.54) is 7.11 Å². The van der Waals surface area contributed by atoms with Crippen molar-refractivity contribution in [2.75, 3.05) is 12.4 Å². The Morgan fingerprint density at radius 3 is 2.35 bits per heavy atom. The fourth-order valence-corrected chi connectivity index (χ4v) is 1.45. The molecule has 4 heteroatoms. The summed E-state index contributed by atoms with van der Waals surface area (Å²) in [6, 6.07) is 8.62. The number of rotatable bonds is 4. The zero-order chi connectivity index (χ0) is 12.8. The number of ether oxygens (including phenoxy) is 1. The van der Waals surface area contributed by atoms with Crippen LogP contribution in [0.2, 0.25) is 0 Å². The Bertz CT molecular complexity index is 418. The van der Waals surface area contributed by atoms with Gasteiger partial charge in [0.2, 0.25) is 0 Å². The second kappa shape index (κ2) is 5.90. The molecule has 0 saturated heterocycles. The highest BCUT2D eigenvalue weighted by Gasteiger charge is 2.22. The van der Waals surface area contributed by atoms with Gasteiger partial charge in [0.1, 0.15) is 6.04 Å². The third-order valence-corrected chi connectivity index (χ3v) is 2.46. The van der Waals surface area contributed by atoms with E-state index in [0.29, 0.717) is 5.56 Å². The monoisotopic (exact) mass is 232 g/mol. The predicted molar refractivity (Wildman–Crippen MR) is 65.4 cm³/mol. The molecule has 0 spiro atoms. The van der Waals surface area contributed by atoms with Crippen LogP contribution >= 0.6 is 0 Å². The van der Waals surface area contributed by atoms with Crippen molar-refractivity contribution in [2.24, 2.45) is 5.92 Å². The van der Waals surface area contributed by atoms with E-state index in [9.17, 15) is 4.79 Å². The van der Waals surface area contributed by atoms with Crippen molar-refractivity contribution in [3.8, 4) is 6.07 Å². The molecule has 1 rings (SSSR count). The molecule has 0 heterocycles. The molecule has 1 aromatic carbocycles. The minimum Gasteiger partial charge on any atom is -0.467 e. The number of carbonyl (C=O) groups is 1. The molecule has 1 unspecified atom stereocenters. The van der Waals surface area contributed by atoms with Gasteiger partial charge in [0.25, 0.3) is 0 Å². The summed E-state index contributed by atoms with van der Waals surface area (Å²) in [5, 5.41) is 11.8. The van der Waals surface area contributed by atoms with Crippen molar-refractivity contribution in [3.63, 3.8) is 0 Å². The largest absolute Gasteiger partial charge is 0.467 e. The Labute approximate surface area is 101 Å². The van der Waals surface area contributed by atoms with Crippen LogP contribution in [0.25, 0.3) is 0 Å². The third kappa shape index (κ3) is 3.49. The van der Waals surface area contributed by atoms with Crippen molar-refractivity contribution in [2.45, 2.75) is 19.9 Å². The zero-order valence-electron chi connectivity index (χ0n) is 10.2. The first-order chi connectivity index (χ1) is 8.08. The molecule has 17 heavy (non-hydrogen) atoms. The van der Waals surface area contributed by atoms with E-state index in [-0.39, 0.29) is 17.9 Å². The highest BCUT2D eigenvalue weighted by Crippen LogP contribution is 2.14. The van der Waals surface area contributed by atoms with Gasteiger partial charge in [0.15, 0.2) is 0 Å². The number of nitriles is 1. The lowest BCUT2D eigenvalue weighted by atomic mass is 10.0. The fraction of sp³-hybridized carbons (Fsp3) is 0.385. The molecule has 0 aliphatic heterocycles. The number of methoxy groups -OCH3 is 1. The first-order valence-electron chi connectivity index (χ1n) is 5.43. The van der Waals surface area contributed by atoms with Gasteiger partial charge < -0.3 is 10.1 Å². The van der Waals surface area contributed by atoms with Crippen LogP contribution in [0.1, 0.15) is 19.4 Å². The summed E-state index contributed by atoms with van der Waals surface area (Å²) < 4.78 is 4.74. The second-order valence-electron chi connectivity index (χ2n) is 4.08. The highest BCUT2D eigenvalue weighted by atomic mass is 16.5. The van der Waals surface area contributed by atoms with E-state index in [2.05, 4.69) is 5.32 Å². The summed E-state index contributed by atoms with van der Waals surface area (Å²) in [7, 11) is 1.37. The molecule has 0 amide bonds. The maximum absolute atomic E-state index is 11.5. The van der Waals surface area contributed by atoms with Crippen molar-refractivity contribution in [1.29, 1.82) is 5.26 Å². The SMILES string of the molecule is COC(=O)C(Nc1ccc(C#N)cc1)C(C)C. The number of nitrogens with zero attached hydrogens (tertiary/aromatic N) is 1. The van der Waals surface area contributed by atoms with Gasteiger partial charge in [-0.05, 0) is 30.2 Å². The quantitative estimate of drug-likeness (QED) is 0.808. The zero-order valence-corrected chi connectivity index (χ0v) is 10.2. The van der Waals surface area contributed by atoms with E-state index >= 15 is 0 Å². The van der Waals surface area contributed by atoms with Crippen LogP contribution in [0.15, 0.2) is 24.3 Å². The van der Waals surface area contributed by atoms with E-state index in [0.717, 1.165) is 5.69 Å². The molecule has 4 nitrogen and oxygen atoms in total. The van der Waals surface area contributed by atoms with Gasteiger partial charge in [-0.3, -0.25) is 0 Å². The summed E-state index contributed by atoms with van der Waals surface area (Å²) in [6.45, 7) is 3.89. The van der Waals surface area contributed by atoms with Crippen LogP contribution in [0.3, 0.4) is 0 Å². The Kier molecular flexibility index (Phi) is 4.53. The van der Waals surface area contributed by atoms with Crippen molar-refractivity contribution in [1.82, 2.24) is 0 Å². The molecular weight excluding hydrogens is 216 g/mol. The molecule has 0 aromatic heterocycles. The van der Waals surface area contributed by atoms with Crippen LogP contribution in [-0.2, 0) is 9.53 Å². The van der Waals surface area contributed by atoms with Gasteiger partial charge in [-0.2, -0.15) is 5.26 Å². The highest BCUT2D eigenvalue weighted by molar-refractivity contribution is 5.79. The number of hydrogen-bond acceptors (Lipinski definition) is 4. The van der Waals surface area contributed by atoms with Crippen LogP contribution < -0.4 is 5.32 Å². The lowest BCUT2D eigenvalue weighted by molar-refractivity contribution is -0.142. The topological polar surface area (TPSA) is 62.1 Å². The van der Waals surface area contributed by atoms with Crippen molar-refractivity contribution < 1.29 is 9.53 Å². The molecular formula is C13H16N2O2. The number of nitrogens with one attached hydrogen (secondary N) is 1. The Morgan fingerprint density at radius 1 is 1.35 bits per heavy atom. The average Bonchev–Trinajstić information content (AvgIpc) is 2.35. The molecule has 0 bridgehead atoms. The molecule has 90 valence electrons. The summed E-state index contributed by atoms with van der Waals surface area (Å²) >= 11 is 0. The summed E-state index contributed by atoms with van der Waals surface area (Å²) in [5.74, 6) is -0.164.